The smallest absolute Gasteiger partial charge is 0.0658 e. The molecule has 0 aromatic heterocycles. The SMILES string of the molecule is FNc1cccc(C2CC2)c1. The third kappa shape index (κ3) is 1.34. The molecule has 0 amide bonds. The van der Waals surface area contributed by atoms with Crippen LogP contribution in [0.3, 0.4) is 0 Å². The van der Waals surface area contributed by atoms with Crippen LogP contribution in [0, 0.1) is 0 Å². The number of nitrogens with one attached hydrogen (secondary N) is 1. The van der Waals surface area contributed by atoms with Gasteiger partial charge in [-0.1, -0.05) is 12.1 Å². The van der Waals surface area contributed by atoms with Crippen molar-refractivity contribution in [3.05, 3.63) is 29.8 Å². The number of hydrogen-bond acceptors (Lipinski definition) is 1. The predicted octanol–water partition coefficient (Wildman–Crippen LogP) is 2.86. The van der Waals surface area contributed by atoms with Crippen molar-refractivity contribution < 1.29 is 4.48 Å². The summed E-state index contributed by atoms with van der Waals surface area (Å²) in [5.74, 6) is 0.697. The Balaban J connectivity index is 2.26. The third-order valence-corrected chi connectivity index (χ3v) is 2.04. The van der Waals surface area contributed by atoms with E-state index in [-0.39, 0.29) is 0 Å². The molecule has 0 unspecified atom stereocenters. The minimum absolute atomic E-state index is 0.564. The van der Waals surface area contributed by atoms with Crippen LogP contribution in [0.25, 0.3) is 0 Å². The van der Waals surface area contributed by atoms with Crippen molar-refractivity contribution >= 4 is 5.69 Å². The molecule has 11 heavy (non-hydrogen) atoms. The highest BCUT2D eigenvalue weighted by Crippen LogP contribution is 2.40. The highest BCUT2D eigenvalue weighted by atomic mass is 19.2. The van der Waals surface area contributed by atoms with Crippen LogP contribution < -0.4 is 5.54 Å². The first kappa shape index (κ1) is 6.65. The normalized spacial score (nSPS) is 16.5. The second kappa shape index (κ2) is 2.53. The molecular weight excluding hydrogens is 141 g/mol. The molecule has 1 fully saturated rings. The monoisotopic (exact) mass is 151 g/mol. The molecule has 0 atom stereocenters. The van der Waals surface area contributed by atoms with Crippen LogP contribution >= 0.6 is 0 Å². The Morgan fingerprint density at radius 1 is 1.36 bits per heavy atom. The molecule has 0 bridgehead atoms. The van der Waals surface area contributed by atoms with Crippen LogP contribution in [0.15, 0.2) is 24.3 Å². The Labute approximate surface area is 65.2 Å². The maximum absolute atomic E-state index is 11.9. The van der Waals surface area contributed by atoms with Crippen LogP contribution in [0.2, 0.25) is 0 Å². The van der Waals surface area contributed by atoms with Crippen molar-refractivity contribution in [2.24, 2.45) is 0 Å². The van der Waals surface area contributed by atoms with Gasteiger partial charge in [0.15, 0.2) is 0 Å². The fourth-order valence-electron chi connectivity index (χ4n) is 1.27. The third-order valence-electron chi connectivity index (χ3n) is 2.04. The molecule has 1 aliphatic carbocycles. The topological polar surface area (TPSA) is 12.0 Å². The van der Waals surface area contributed by atoms with E-state index in [1.807, 2.05) is 12.1 Å². The Morgan fingerprint density at radius 3 is 2.82 bits per heavy atom. The zero-order valence-corrected chi connectivity index (χ0v) is 6.18. The van der Waals surface area contributed by atoms with Gasteiger partial charge in [-0.25, -0.2) is 5.54 Å². The molecule has 1 aromatic rings. The first-order valence-corrected chi connectivity index (χ1v) is 3.87. The average Bonchev–Trinajstić information content (AvgIpc) is 2.87. The minimum Gasteiger partial charge on any atom is -0.225 e. The number of hydrogen-bond donors (Lipinski definition) is 1. The Bertz CT molecular complexity index is 255. The lowest BCUT2D eigenvalue weighted by molar-refractivity contribution is 0.617. The maximum atomic E-state index is 11.9. The van der Waals surface area contributed by atoms with Crippen molar-refractivity contribution in [2.75, 3.05) is 5.54 Å². The van der Waals surface area contributed by atoms with E-state index < -0.39 is 0 Å². The van der Waals surface area contributed by atoms with E-state index in [0.717, 1.165) is 0 Å². The van der Waals surface area contributed by atoms with Crippen LogP contribution in [0.1, 0.15) is 24.3 Å². The first-order chi connectivity index (χ1) is 5.40. The summed E-state index contributed by atoms with van der Waals surface area (Å²) in [6.07, 6.45) is 2.52. The van der Waals surface area contributed by atoms with Crippen molar-refractivity contribution in [1.82, 2.24) is 0 Å². The molecule has 2 rings (SSSR count). The first-order valence-electron chi connectivity index (χ1n) is 3.87. The molecule has 0 heterocycles. The highest BCUT2D eigenvalue weighted by molar-refractivity contribution is 5.45. The van der Waals surface area contributed by atoms with Gasteiger partial charge >= 0.3 is 0 Å². The molecule has 1 saturated carbocycles. The van der Waals surface area contributed by atoms with Crippen LogP contribution in [0.4, 0.5) is 10.2 Å². The number of halogens is 1. The van der Waals surface area contributed by atoms with Crippen LogP contribution in [-0.2, 0) is 0 Å². The molecule has 0 saturated heterocycles. The molecule has 0 spiro atoms. The quantitative estimate of drug-likeness (QED) is 0.641. The van der Waals surface area contributed by atoms with Gasteiger partial charge in [-0.15, -0.1) is 4.48 Å². The van der Waals surface area contributed by atoms with Crippen molar-refractivity contribution in [3.8, 4) is 0 Å². The van der Waals surface area contributed by atoms with Crippen LogP contribution in [-0.4, -0.2) is 0 Å². The van der Waals surface area contributed by atoms with E-state index in [4.69, 9.17) is 0 Å². The largest absolute Gasteiger partial charge is 0.225 e. The summed E-state index contributed by atoms with van der Waals surface area (Å²) in [5.41, 5.74) is 3.47. The number of benzene rings is 1. The molecule has 1 N–H and O–H groups in total. The van der Waals surface area contributed by atoms with Gasteiger partial charge in [0, 0.05) is 0 Å². The summed E-state index contributed by atoms with van der Waals surface area (Å²) in [5, 5.41) is 0. The van der Waals surface area contributed by atoms with Gasteiger partial charge < -0.3 is 0 Å². The van der Waals surface area contributed by atoms with Gasteiger partial charge in [0.1, 0.15) is 0 Å². The van der Waals surface area contributed by atoms with Crippen molar-refractivity contribution in [3.63, 3.8) is 0 Å². The van der Waals surface area contributed by atoms with E-state index in [9.17, 15) is 4.48 Å². The second-order valence-electron chi connectivity index (χ2n) is 2.99. The zero-order valence-electron chi connectivity index (χ0n) is 6.18. The van der Waals surface area contributed by atoms with E-state index in [0.29, 0.717) is 11.6 Å². The fraction of sp³-hybridized carbons (Fsp3) is 0.333. The van der Waals surface area contributed by atoms with Crippen LogP contribution in [0.5, 0.6) is 0 Å². The Morgan fingerprint density at radius 2 is 2.18 bits per heavy atom. The van der Waals surface area contributed by atoms with Gasteiger partial charge in [0.25, 0.3) is 0 Å². The summed E-state index contributed by atoms with van der Waals surface area (Å²) in [6, 6.07) is 7.54. The van der Waals surface area contributed by atoms with E-state index in [1.54, 1.807) is 11.6 Å². The van der Waals surface area contributed by atoms with Crippen molar-refractivity contribution in [1.29, 1.82) is 0 Å². The van der Waals surface area contributed by atoms with Gasteiger partial charge in [-0.05, 0) is 36.5 Å². The second-order valence-corrected chi connectivity index (χ2v) is 2.99. The summed E-state index contributed by atoms with van der Waals surface area (Å²) in [4.78, 5) is 0. The van der Waals surface area contributed by atoms with Gasteiger partial charge in [0.2, 0.25) is 0 Å². The molecule has 1 aromatic carbocycles. The summed E-state index contributed by atoms with van der Waals surface area (Å²) < 4.78 is 11.9. The molecular formula is C9H10FN. The average molecular weight is 151 g/mol. The highest BCUT2D eigenvalue weighted by Gasteiger charge is 2.23. The lowest BCUT2D eigenvalue weighted by Crippen LogP contribution is -1.83. The molecule has 0 aliphatic heterocycles. The Hall–Kier alpha value is -1.05. The molecule has 1 aliphatic rings. The molecule has 58 valence electrons. The molecule has 0 radical (unpaired) electrons. The van der Waals surface area contributed by atoms with Crippen molar-refractivity contribution in [2.45, 2.75) is 18.8 Å². The molecule has 2 heteroatoms. The molecule has 1 nitrogen and oxygen atoms in total. The predicted molar refractivity (Wildman–Crippen MR) is 43.1 cm³/mol. The van der Waals surface area contributed by atoms with Gasteiger partial charge in [0.05, 0.1) is 5.69 Å². The summed E-state index contributed by atoms with van der Waals surface area (Å²) in [6.45, 7) is 0. The number of anilines is 1. The van der Waals surface area contributed by atoms with Gasteiger partial charge in [-0.2, -0.15) is 0 Å². The summed E-state index contributed by atoms with van der Waals surface area (Å²) >= 11 is 0. The van der Waals surface area contributed by atoms with Gasteiger partial charge in [-0.3, -0.25) is 0 Å². The lowest BCUT2D eigenvalue weighted by Gasteiger charge is -1.99. The minimum atomic E-state index is 0.564. The van der Waals surface area contributed by atoms with E-state index in [1.165, 1.54) is 18.4 Å². The fourth-order valence-corrected chi connectivity index (χ4v) is 1.27. The Kier molecular flexibility index (Phi) is 1.53. The lowest BCUT2D eigenvalue weighted by atomic mass is 10.1. The van der Waals surface area contributed by atoms with E-state index >= 15 is 0 Å². The number of rotatable bonds is 2. The zero-order chi connectivity index (χ0) is 7.68. The summed E-state index contributed by atoms with van der Waals surface area (Å²) in [7, 11) is 0. The van der Waals surface area contributed by atoms with E-state index in [2.05, 4.69) is 6.07 Å². The maximum Gasteiger partial charge on any atom is 0.0658 e. The standard InChI is InChI=1S/C9H10FN/c10-11-9-3-1-2-8(6-9)7-4-5-7/h1-3,6-7,11H,4-5H2.